The predicted octanol–water partition coefficient (Wildman–Crippen LogP) is 2.50. The van der Waals surface area contributed by atoms with E-state index in [1.54, 1.807) is 25.8 Å². The molecule has 3 rings (SSSR count). The van der Waals surface area contributed by atoms with E-state index in [1.807, 2.05) is 12.1 Å². The minimum atomic E-state index is -0.0706. The van der Waals surface area contributed by atoms with E-state index in [4.69, 9.17) is 9.26 Å². The molecule has 1 aliphatic heterocycles. The van der Waals surface area contributed by atoms with Crippen molar-refractivity contribution in [2.45, 2.75) is 33.0 Å². The van der Waals surface area contributed by atoms with E-state index in [-0.39, 0.29) is 12.0 Å². The van der Waals surface area contributed by atoms with Gasteiger partial charge < -0.3 is 14.2 Å². The molecule has 0 saturated heterocycles. The van der Waals surface area contributed by atoms with Crippen molar-refractivity contribution < 1.29 is 14.1 Å². The van der Waals surface area contributed by atoms with Crippen LogP contribution in [0.3, 0.4) is 0 Å². The number of hydrogen-bond donors (Lipinski definition) is 0. The van der Waals surface area contributed by atoms with Crippen LogP contribution >= 0.6 is 0 Å². The number of nitrogens with zero attached hydrogens (tertiary/aromatic N) is 2. The van der Waals surface area contributed by atoms with Crippen LogP contribution in [0.4, 0.5) is 0 Å². The van der Waals surface area contributed by atoms with Gasteiger partial charge in [-0.15, -0.1) is 0 Å². The normalized spacial score (nSPS) is 17.1. The van der Waals surface area contributed by atoms with Crippen LogP contribution in [0.2, 0.25) is 0 Å². The van der Waals surface area contributed by atoms with Gasteiger partial charge in [0.1, 0.15) is 11.3 Å². The molecule has 0 N–H and O–H groups in total. The molecule has 5 heteroatoms. The number of aromatic nitrogens is 1. The van der Waals surface area contributed by atoms with Crippen molar-refractivity contribution in [3.8, 4) is 0 Å². The van der Waals surface area contributed by atoms with Gasteiger partial charge in [0.05, 0.1) is 18.4 Å². The number of benzene rings is 1. The molecule has 0 saturated carbocycles. The standard InChI is InChI=1S/C17H20N2O3/c1-11-16(12(2)22-18-11)17(20)19(3)9-15-8-13-6-4-5-7-14(13)10-21-15/h4-7,15H,8-10H2,1-3H3/t15-/m1/s1. The van der Waals surface area contributed by atoms with E-state index >= 15 is 0 Å². The summed E-state index contributed by atoms with van der Waals surface area (Å²) in [6.07, 6.45) is 0.847. The lowest BCUT2D eigenvalue weighted by Crippen LogP contribution is -2.38. The fraction of sp³-hybridized carbons (Fsp3) is 0.412. The van der Waals surface area contributed by atoms with Gasteiger partial charge in [-0.25, -0.2) is 0 Å². The van der Waals surface area contributed by atoms with Crippen molar-refractivity contribution in [3.63, 3.8) is 0 Å². The third-order valence-corrected chi connectivity index (χ3v) is 4.11. The van der Waals surface area contributed by atoms with Crippen LogP contribution < -0.4 is 0 Å². The third kappa shape index (κ3) is 2.76. The quantitative estimate of drug-likeness (QED) is 0.874. The molecule has 5 nitrogen and oxygen atoms in total. The van der Waals surface area contributed by atoms with Crippen LogP contribution in [0.5, 0.6) is 0 Å². The van der Waals surface area contributed by atoms with E-state index < -0.39 is 0 Å². The SMILES string of the molecule is Cc1noc(C)c1C(=O)N(C)C[C@H]1Cc2ccccc2CO1. The zero-order valence-corrected chi connectivity index (χ0v) is 13.1. The summed E-state index contributed by atoms with van der Waals surface area (Å²) in [5, 5.41) is 3.84. The van der Waals surface area contributed by atoms with Gasteiger partial charge in [-0.1, -0.05) is 29.4 Å². The molecule has 0 bridgehead atoms. The van der Waals surface area contributed by atoms with Crippen LogP contribution in [0.15, 0.2) is 28.8 Å². The van der Waals surface area contributed by atoms with E-state index in [2.05, 4.69) is 17.3 Å². The summed E-state index contributed by atoms with van der Waals surface area (Å²) in [5.74, 6) is 0.489. The number of carbonyl (C=O) groups excluding carboxylic acids is 1. The van der Waals surface area contributed by atoms with Gasteiger partial charge >= 0.3 is 0 Å². The van der Waals surface area contributed by atoms with E-state index in [9.17, 15) is 4.79 Å². The Balaban J connectivity index is 1.68. The molecule has 1 aromatic heterocycles. The minimum Gasteiger partial charge on any atom is -0.371 e. The molecule has 1 atom stereocenters. The Bertz CT molecular complexity index is 673. The molecule has 1 aromatic carbocycles. The van der Waals surface area contributed by atoms with Crippen molar-refractivity contribution >= 4 is 5.91 Å². The average molecular weight is 300 g/mol. The Morgan fingerprint density at radius 1 is 1.32 bits per heavy atom. The highest BCUT2D eigenvalue weighted by atomic mass is 16.5. The van der Waals surface area contributed by atoms with Crippen LogP contribution in [0.1, 0.15) is 32.9 Å². The molecule has 2 aromatic rings. The average Bonchev–Trinajstić information content (AvgIpc) is 2.85. The van der Waals surface area contributed by atoms with E-state index in [1.165, 1.54) is 11.1 Å². The number of carbonyl (C=O) groups is 1. The Kier molecular flexibility index (Phi) is 3.98. The van der Waals surface area contributed by atoms with Crippen LogP contribution in [-0.2, 0) is 17.8 Å². The second kappa shape index (κ2) is 5.93. The van der Waals surface area contributed by atoms with Gasteiger partial charge in [0.15, 0.2) is 0 Å². The lowest BCUT2D eigenvalue weighted by Gasteiger charge is -2.29. The van der Waals surface area contributed by atoms with E-state index in [0.29, 0.717) is 30.2 Å². The zero-order chi connectivity index (χ0) is 15.7. The first kappa shape index (κ1) is 14.8. The smallest absolute Gasteiger partial charge is 0.259 e. The third-order valence-electron chi connectivity index (χ3n) is 4.11. The first-order chi connectivity index (χ1) is 10.6. The second-order valence-corrected chi connectivity index (χ2v) is 5.79. The maximum atomic E-state index is 12.5. The molecular weight excluding hydrogens is 280 g/mol. The van der Waals surface area contributed by atoms with Crippen LogP contribution in [0.25, 0.3) is 0 Å². The molecule has 0 aliphatic carbocycles. The first-order valence-corrected chi connectivity index (χ1v) is 7.43. The molecule has 0 unspecified atom stereocenters. The summed E-state index contributed by atoms with van der Waals surface area (Å²) in [7, 11) is 1.79. The summed E-state index contributed by atoms with van der Waals surface area (Å²) in [5.41, 5.74) is 3.72. The summed E-state index contributed by atoms with van der Waals surface area (Å²) in [6, 6.07) is 8.28. The number of rotatable bonds is 3. The second-order valence-electron chi connectivity index (χ2n) is 5.79. The molecule has 0 radical (unpaired) electrons. The largest absolute Gasteiger partial charge is 0.371 e. The van der Waals surface area contributed by atoms with Crippen molar-refractivity contribution in [3.05, 3.63) is 52.4 Å². The number of fused-ring (bicyclic) bond motifs is 1. The molecule has 116 valence electrons. The van der Waals surface area contributed by atoms with Crippen LogP contribution in [-0.4, -0.2) is 35.7 Å². The van der Waals surface area contributed by atoms with Crippen molar-refractivity contribution in [2.75, 3.05) is 13.6 Å². The van der Waals surface area contributed by atoms with Crippen molar-refractivity contribution in [1.82, 2.24) is 10.1 Å². The Labute approximate surface area is 129 Å². The maximum Gasteiger partial charge on any atom is 0.259 e. The Morgan fingerprint density at radius 2 is 2.05 bits per heavy atom. The predicted molar refractivity (Wildman–Crippen MR) is 81.7 cm³/mol. The highest BCUT2D eigenvalue weighted by Crippen LogP contribution is 2.21. The molecule has 2 heterocycles. The molecule has 1 amide bonds. The summed E-state index contributed by atoms with van der Waals surface area (Å²) in [6.45, 7) is 4.70. The van der Waals surface area contributed by atoms with Gasteiger partial charge in [0.2, 0.25) is 0 Å². The molecule has 22 heavy (non-hydrogen) atoms. The molecule has 0 spiro atoms. The summed E-state index contributed by atoms with van der Waals surface area (Å²) >= 11 is 0. The number of ether oxygens (including phenoxy) is 1. The Hall–Kier alpha value is -2.14. The molecule has 0 fully saturated rings. The van der Waals surface area contributed by atoms with Gasteiger partial charge in [-0.3, -0.25) is 4.79 Å². The fourth-order valence-electron chi connectivity index (χ4n) is 2.89. The first-order valence-electron chi connectivity index (χ1n) is 7.43. The lowest BCUT2D eigenvalue weighted by molar-refractivity contribution is 0.00979. The molecule has 1 aliphatic rings. The number of hydrogen-bond acceptors (Lipinski definition) is 4. The van der Waals surface area contributed by atoms with Crippen molar-refractivity contribution in [1.29, 1.82) is 0 Å². The fourth-order valence-corrected chi connectivity index (χ4v) is 2.89. The molecular formula is C17H20N2O3. The van der Waals surface area contributed by atoms with Gasteiger partial charge in [-0.05, 0) is 25.0 Å². The monoisotopic (exact) mass is 300 g/mol. The highest BCUT2D eigenvalue weighted by molar-refractivity contribution is 5.95. The van der Waals surface area contributed by atoms with Gasteiger partial charge in [0.25, 0.3) is 5.91 Å². The van der Waals surface area contributed by atoms with Gasteiger partial charge in [0, 0.05) is 20.0 Å². The minimum absolute atomic E-state index is 0.0179. The van der Waals surface area contributed by atoms with Crippen molar-refractivity contribution in [2.24, 2.45) is 0 Å². The maximum absolute atomic E-state index is 12.5. The number of aryl methyl sites for hydroxylation is 2. The summed E-state index contributed by atoms with van der Waals surface area (Å²) < 4.78 is 10.9. The lowest BCUT2D eigenvalue weighted by atomic mass is 9.99. The number of amides is 1. The highest BCUT2D eigenvalue weighted by Gasteiger charge is 2.25. The van der Waals surface area contributed by atoms with Gasteiger partial charge in [-0.2, -0.15) is 0 Å². The Morgan fingerprint density at radius 3 is 2.73 bits per heavy atom. The summed E-state index contributed by atoms with van der Waals surface area (Å²) in [4.78, 5) is 14.2. The zero-order valence-electron chi connectivity index (χ0n) is 13.1. The number of likely N-dealkylation sites (N-methyl/N-ethyl adjacent to an activating group) is 1. The topological polar surface area (TPSA) is 55.6 Å². The van der Waals surface area contributed by atoms with E-state index in [0.717, 1.165) is 6.42 Å². The van der Waals surface area contributed by atoms with Crippen LogP contribution in [0, 0.1) is 13.8 Å².